The van der Waals surface area contributed by atoms with Gasteiger partial charge in [-0.15, -0.1) is 0 Å². The number of aromatic hydroxyl groups is 1. The smallest absolute Gasteiger partial charge is 0.190 e. The van der Waals surface area contributed by atoms with Gasteiger partial charge in [0, 0.05) is 64.6 Å². The molecule has 0 atom stereocenters. The zero-order valence-corrected chi connectivity index (χ0v) is 34.6. The molecule has 0 saturated heterocycles. The van der Waals surface area contributed by atoms with Crippen LogP contribution in [0, 0.1) is 13.8 Å². The number of phenolic OH excluding ortho intramolecular Hbond substituents is 1. The highest BCUT2D eigenvalue weighted by Crippen LogP contribution is 2.45. The van der Waals surface area contributed by atoms with Crippen LogP contribution in [0.2, 0.25) is 0 Å². The number of nitrogens with zero attached hydrogens (tertiary/aromatic N) is 2. The molecular formula is C55H44N4O3. The molecule has 1 aliphatic carbocycles. The number of hydrogen-bond acceptors (Lipinski definition) is 7. The molecule has 62 heavy (non-hydrogen) atoms. The highest BCUT2D eigenvalue weighted by molar-refractivity contribution is 6.05. The van der Waals surface area contributed by atoms with E-state index in [0.717, 1.165) is 72.2 Å². The van der Waals surface area contributed by atoms with Crippen LogP contribution in [0.3, 0.4) is 0 Å². The van der Waals surface area contributed by atoms with Crippen molar-refractivity contribution in [1.82, 2.24) is 9.97 Å². The Morgan fingerprint density at radius 1 is 0.548 bits per heavy atom. The number of para-hydroxylation sites is 2. The number of rotatable bonds is 11. The maximum atomic E-state index is 14.3. The van der Waals surface area contributed by atoms with Gasteiger partial charge >= 0.3 is 0 Å². The third-order valence-corrected chi connectivity index (χ3v) is 11.8. The van der Waals surface area contributed by atoms with Gasteiger partial charge in [0.25, 0.3) is 0 Å². The van der Waals surface area contributed by atoms with Crippen molar-refractivity contribution in [3.05, 3.63) is 219 Å². The summed E-state index contributed by atoms with van der Waals surface area (Å²) in [5.74, 6) is 0.560. The first-order valence-electron chi connectivity index (χ1n) is 21.0. The van der Waals surface area contributed by atoms with Crippen LogP contribution in [0.5, 0.6) is 5.75 Å². The predicted molar refractivity (Wildman–Crippen MR) is 252 cm³/mol. The average molecular weight is 809 g/mol. The zero-order valence-electron chi connectivity index (χ0n) is 34.6. The normalized spacial score (nSPS) is 11.5. The van der Waals surface area contributed by atoms with Crippen LogP contribution in [0.4, 0.5) is 11.4 Å². The molecule has 8 aromatic rings. The molecule has 3 N–H and O–H groups in total. The Bertz CT molecular complexity index is 3310. The number of fused-ring (bicyclic) bond motifs is 4. The van der Waals surface area contributed by atoms with Crippen molar-refractivity contribution < 1.29 is 9.52 Å². The third kappa shape index (κ3) is 7.39. The Hall–Kier alpha value is -7.77. The van der Waals surface area contributed by atoms with Crippen molar-refractivity contribution in [2.24, 2.45) is 0 Å². The summed E-state index contributed by atoms with van der Waals surface area (Å²) in [6.07, 6.45) is 1.43. The lowest BCUT2D eigenvalue weighted by Gasteiger charge is -2.22. The van der Waals surface area contributed by atoms with Crippen LogP contribution >= 0.6 is 0 Å². The van der Waals surface area contributed by atoms with E-state index in [1.54, 1.807) is 6.07 Å². The molecule has 0 amide bonds. The maximum absolute atomic E-state index is 14.3. The van der Waals surface area contributed by atoms with Crippen LogP contribution in [0.1, 0.15) is 44.8 Å². The average Bonchev–Trinajstić information content (AvgIpc) is 3.29. The minimum absolute atomic E-state index is 0.0871. The van der Waals surface area contributed by atoms with E-state index < -0.39 is 0 Å². The van der Waals surface area contributed by atoms with Crippen molar-refractivity contribution in [1.29, 1.82) is 0 Å². The van der Waals surface area contributed by atoms with Gasteiger partial charge in [0.05, 0.1) is 33.5 Å². The Labute approximate surface area is 359 Å². The van der Waals surface area contributed by atoms with Gasteiger partial charge in [-0.25, -0.2) is 0 Å². The van der Waals surface area contributed by atoms with Crippen molar-refractivity contribution >= 4 is 44.1 Å². The van der Waals surface area contributed by atoms with E-state index in [0.29, 0.717) is 40.9 Å². The van der Waals surface area contributed by atoms with Gasteiger partial charge in [0.2, 0.25) is 0 Å². The van der Waals surface area contributed by atoms with Gasteiger partial charge in [0.15, 0.2) is 5.43 Å². The number of pyridine rings is 2. The molecule has 2 aromatic heterocycles. The summed E-state index contributed by atoms with van der Waals surface area (Å²) in [6.45, 7) is 4.40. The lowest BCUT2D eigenvalue weighted by Crippen LogP contribution is -2.18. The number of phenols is 1. The molecule has 2 aliphatic rings. The number of nitrogens with one attached hydrogen (secondary N) is 2. The summed E-state index contributed by atoms with van der Waals surface area (Å²) in [6, 6.07) is 55.0. The molecule has 0 bridgehead atoms. The quantitative estimate of drug-likeness (QED) is 0.112. The van der Waals surface area contributed by atoms with Crippen molar-refractivity contribution in [3.8, 4) is 28.2 Å². The van der Waals surface area contributed by atoms with Crippen LogP contribution in [0.25, 0.3) is 55.2 Å². The minimum Gasteiger partial charge on any atom is -0.507 e. The highest BCUT2D eigenvalue weighted by Gasteiger charge is 2.26. The Morgan fingerprint density at radius 2 is 1.11 bits per heavy atom. The second kappa shape index (κ2) is 16.4. The molecule has 7 nitrogen and oxygen atoms in total. The molecular weight excluding hydrogens is 765 g/mol. The van der Waals surface area contributed by atoms with Crippen molar-refractivity contribution in [3.63, 3.8) is 0 Å². The van der Waals surface area contributed by atoms with Gasteiger partial charge in [-0.2, -0.15) is 0 Å². The van der Waals surface area contributed by atoms with Crippen molar-refractivity contribution in [2.75, 3.05) is 10.6 Å². The number of benzene rings is 7. The maximum Gasteiger partial charge on any atom is 0.190 e. The molecule has 3 heterocycles. The molecule has 0 saturated carbocycles. The van der Waals surface area contributed by atoms with Crippen LogP contribution in [0.15, 0.2) is 173 Å². The second-order valence-corrected chi connectivity index (χ2v) is 16.0. The van der Waals surface area contributed by atoms with E-state index in [1.165, 1.54) is 11.1 Å². The summed E-state index contributed by atoms with van der Waals surface area (Å²) in [7, 11) is 0. The largest absolute Gasteiger partial charge is 0.507 e. The SMILES string of the molecule is Cc1ccccc1-c1c2cc(C)c(=O)c(CNc3cccc4ccc(Cc5ccccc5)nc34)c-2oc2c(CNc3cccc4ccc(Cc5ccccc5)nc34)c(O)ccc12. The van der Waals surface area contributed by atoms with E-state index in [9.17, 15) is 9.90 Å². The molecule has 302 valence electrons. The van der Waals surface area contributed by atoms with Gasteiger partial charge in [0.1, 0.15) is 17.1 Å². The molecule has 7 heteroatoms. The van der Waals surface area contributed by atoms with Crippen molar-refractivity contribution in [2.45, 2.75) is 39.8 Å². The Morgan fingerprint density at radius 3 is 1.71 bits per heavy atom. The summed E-state index contributed by atoms with van der Waals surface area (Å²) in [5.41, 5.74) is 13.6. The number of aromatic nitrogens is 2. The fourth-order valence-electron chi connectivity index (χ4n) is 8.64. The lowest BCUT2D eigenvalue weighted by molar-refractivity contribution is 0.467. The molecule has 1 aliphatic heterocycles. The van der Waals surface area contributed by atoms with Gasteiger partial charge in [-0.05, 0) is 84.1 Å². The Balaban J connectivity index is 1.07. The summed E-state index contributed by atoms with van der Waals surface area (Å²) in [5, 5.41) is 21.7. The number of anilines is 2. The van der Waals surface area contributed by atoms with Gasteiger partial charge in [-0.3, -0.25) is 14.8 Å². The fourth-order valence-corrected chi connectivity index (χ4v) is 8.64. The molecule has 0 radical (unpaired) electrons. The minimum atomic E-state index is -0.102. The monoisotopic (exact) mass is 808 g/mol. The van der Waals surface area contributed by atoms with Crippen LogP contribution < -0.4 is 16.1 Å². The van der Waals surface area contributed by atoms with E-state index in [1.807, 2.05) is 91.9 Å². The molecule has 6 aromatic carbocycles. The summed E-state index contributed by atoms with van der Waals surface area (Å²) < 4.78 is 6.98. The van der Waals surface area contributed by atoms with Crippen LogP contribution in [-0.2, 0) is 25.9 Å². The first kappa shape index (κ1) is 38.4. The zero-order chi connectivity index (χ0) is 42.2. The third-order valence-electron chi connectivity index (χ3n) is 11.8. The van der Waals surface area contributed by atoms with E-state index >= 15 is 0 Å². The van der Waals surface area contributed by atoms with Gasteiger partial charge < -0.3 is 20.2 Å². The van der Waals surface area contributed by atoms with Gasteiger partial charge in [-0.1, -0.05) is 121 Å². The first-order valence-corrected chi connectivity index (χ1v) is 21.0. The fraction of sp³-hybridized carbons (Fsp3) is 0.109. The second-order valence-electron chi connectivity index (χ2n) is 16.0. The molecule has 0 unspecified atom stereocenters. The van der Waals surface area contributed by atoms with E-state index in [4.69, 9.17) is 14.4 Å². The lowest BCUT2D eigenvalue weighted by atomic mass is 9.88. The molecule has 0 fully saturated rings. The predicted octanol–water partition coefficient (Wildman–Crippen LogP) is 12.4. The first-order chi connectivity index (χ1) is 30.4. The van der Waals surface area contributed by atoms with E-state index in [2.05, 4.69) is 90.4 Å². The Kier molecular flexibility index (Phi) is 10.1. The topological polar surface area (TPSA) is 100 Å². The van der Waals surface area contributed by atoms with E-state index in [-0.39, 0.29) is 24.3 Å². The number of hydrogen-bond donors (Lipinski definition) is 3. The number of aryl methyl sites for hydroxylation is 2. The summed E-state index contributed by atoms with van der Waals surface area (Å²) >= 11 is 0. The molecule has 10 rings (SSSR count). The molecule has 0 spiro atoms. The van der Waals surface area contributed by atoms with Crippen LogP contribution in [-0.4, -0.2) is 15.1 Å². The standard InChI is InChI=1S/C55H44N4O3/c1-34-13-9-10-20-42(34)50-43-27-28-49(60)45(32-56-47-21-11-18-38-23-25-40(58-51(38)47)30-36-14-5-3-6-15-36)54(43)62-55-44(50)29-35(2)53(61)46(55)33-57-48-22-12-19-39-24-26-41(59-52(39)48)31-37-16-7-4-8-17-37/h3-29,56-57,60H,30-33H2,1-2H3. The summed E-state index contributed by atoms with van der Waals surface area (Å²) in [4.78, 5) is 24.5. The highest BCUT2D eigenvalue weighted by atomic mass is 16.3.